The summed E-state index contributed by atoms with van der Waals surface area (Å²) in [5.41, 5.74) is 3.52. The SMILES string of the molecule is Cc1ccc(C)c(CS(=O)(=O)Cc2coc(-c3cccc(F)c3)n2)c1. The lowest BCUT2D eigenvalue weighted by Gasteiger charge is -2.07. The highest BCUT2D eigenvalue weighted by atomic mass is 32.2. The van der Waals surface area contributed by atoms with Crippen LogP contribution in [0.3, 0.4) is 0 Å². The lowest BCUT2D eigenvalue weighted by atomic mass is 10.1. The Bertz CT molecular complexity index is 1010. The molecular formula is C19H18FNO3S. The summed E-state index contributed by atoms with van der Waals surface area (Å²) >= 11 is 0. The van der Waals surface area contributed by atoms with Crippen LogP contribution in [0.2, 0.25) is 0 Å². The van der Waals surface area contributed by atoms with Crippen LogP contribution in [0, 0.1) is 19.7 Å². The number of rotatable bonds is 5. The topological polar surface area (TPSA) is 60.2 Å². The fourth-order valence-corrected chi connectivity index (χ4v) is 4.07. The van der Waals surface area contributed by atoms with E-state index in [2.05, 4.69) is 4.98 Å². The first-order valence-corrected chi connectivity index (χ1v) is 9.61. The van der Waals surface area contributed by atoms with Crippen molar-refractivity contribution in [2.75, 3.05) is 0 Å². The summed E-state index contributed by atoms with van der Waals surface area (Å²) in [6, 6.07) is 11.6. The number of halogens is 1. The zero-order valence-corrected chi connectivity index (χ0v) is 14.8. The molecular weight excluding hydrogens is 341 g/mol. The zero-order valence-electron chi connectivity index (χ0n) is 14.0. The van der Waals surface area contributed by atoms with Crippen LogP contribution in [0.1, 0.15) is 22.4 Å². The van der Waals surface area contributed by atoms with Gasteiger partial charge in [0.25, 0.3) is 0 Å². The fraction of sp³-hybridized carbons (Fsp3) is 0.211. The summed E-state index contributed by atoms with van der Waals surface area (Å²) in [7, 11) is -3.40. The van der Waals surface area contributed by atoms with Gasteiger partial charge in [0.05, 0.1) is 17.2 Å². The molecule has 0 radical (unpaired) electrons. The van der Waals surface area contributed by atoms with E-state index in [4.69, 9.17) is 4.42 Å². The third kappa shape index (κ3) is 4.33. The zero-order chi connectivity index (χ0) is 18.0. The molecule has 0 N–H and O–H groups in total. The van der Waals surface area contributed by atoms with Crippen molar-refractivity contribution in [3.05, 3.63) is 76.9 Å². The van der Waals surface area contributed by atoms with Gasteiger partial charge in [-0.05, 0) is 43.2 Å². The number of aromatic nitrogens is 1. The van der Waals surface area contributed by atoms with E-state index >= 15 is 0 Å². The molecule has 1 heterocycles. The van der Waals surface area contributed by atoms with E-state index in [-0.39, 0.29) is 17.4 Å². The molecule has 0 aliphatic heterocycles. The number of nitrogens with zero attached hydrogens (tertiary/aromatic N) is 1. The monoisotopic (exact) mass is 359 g/mol. The summed E-state index contributed by atoms with van der Waals surface area (Å²) in [4.78, 5) is 4.18. The van der Waals surface area contributed by atoms with Crippen LogP contribution in [0.25, 0.3) is 11.5 Å². The maximum atomic E-state index is 13.3. The highest BCUT2D eigenvalue weighted by Crippen LogP contribution is 2.22. The van der Waals surface area contributed by atoms with Crippen molar-refractivity contribution in [2.24, 2.45) is 0 Å². The number of aryl methyl sites for hydroxylation is 2. The lowest BCUT2D eigenvalue weighted by molar-refractivity contribution is 0.570. The van der Waals surface area contributed by atoms with Gasteiger partial charge in [0.1, 0.15) is 12.1 Å². The molecule has 0 atom stereocenters. The van der Waals surface area contributed by atoms with Gasteiger partial charge in [0.2, 0.25) is 5.89 Å². The number of hydrogen-bond acceptors (Lipinski definition) is 4. The summed E-state index contributed by atoms with van der Waals surface area (Å²) in [5.74, 6) is -0.474. The molecule has 6 heteroatoms. The minimum atomic E-state index is -3.40. The van der Waals surface area contributed by atoms with Crippen molar-refractivity contribution in [1.82, 2.24) is 4.98 Å². The van der Waals surface area contributed by atoms with Gasteiger partial charge in [-0.25, -0.2) is 17.8 Å². The molecule has 0 saturated heterocycles. The van der Waals surface area contributed by atoms with E-state index in [1.54, 1.807) is 12.1 Å². The van der Waals surface area contributed by atoms with Crippen molar-refractivity contribution >= 4 is 9.84 Å². The third-order valence-corrected chi connectivity index (χ3v) is 5.36. The standard InChI is InChI=1S/C19H18FNO3S/c1-13-6-7-14(2)16(8-13)11-25(22,23)12-18-10-24-19(21-18)15-4-3-5-17(20)9-15/h3-10H,11-12H2,1-2H3. The molecule has 130 valence electrons. The molecule has 3 aromatic rings. The second-order valence-corrected chi connectivity index (χ2v) is 8.18. The van der Waals surface area contributed by atoms with E-state index in [1.165, 1.54) is 18.4 Å². The first kappa shape index (κ1) is 17.4. The van der Waals surface area contributed by atoms with E-state index in [9.17, 15) is 12.8 Å². The number of benzene rings is 2. The third-order valence-electron chi connectivity index (χ3n) is 3.87. The van der Waals surface area contributed by atoms with Crippen molar-refractivity contribution in [2.45, 2.75) is 25.4 Å². The molecule has 2 aromatic carbocycles. The van der Waals surface area contributed by atoms with E-state index in [1.807, 2.05) is 32.0 Å². The average Bonchev–Trinajstić information content (AvgIpc) is 2.98. The Morgan fingerprint density at radius 2 is 1.88 bits per heavy atom. The Labute approximate surface area is 146 Å². The minimum Gasteiger partial charge on any atom is -0.444 e. The van der Waals surface area contributed by atoms with Crippen LogP contribution in [0.5, 0.6) is 0 Å². The Morgan fingerprint density at radius 1 is 1.08 bits per heavy atom. The van der Waals surface area contributed by atoms with Crippen molar-refractivity contribution in [3.8, 4) is 11.5 Å². The molecule has 0 saturated carbocycles. The maximum absolute atomic E-state index is 13.3. The van der Waals surface area contributed by atoms with Gasteiger partial charge in [-0.2, -0.15) is 0 Å². The maximum Gasteiger partial charge on any atom is 0.226 e. The molecule has 0 amide bonds. The van der Waals surface area contributed by atoms with Crippen LogP contribution in [-0.2, 0) is 21.3 Å². The van der Waals surface area contributed by atoms with Crippen molar-refractivity contribution in [3.63, 3.8) is 0 Å². The molecule has 1 aromatic heterocycles. The summed E-state index contributed by atoms with van der Waals surface area (Å²) in [6.07, 6.45) is 1.31. The van der Waals surface area contributed by atoms with Gasteiger partial charge >= 0.3 is 0 Å². The average molecular weight is 359 g/mol. The quantitative estimate of drug-likeness (QED) is 0.684. The van der Waals surface area contributed by atoms with Crippen molar-refractivity contribution in [1.29, 1.82) is 0 Å². The number of sulfone groups is 1. The number of hydrogen-bond donors (Lipinski definition) is 0. The molecule has 0 fully saturated rings. The molecule has 0 aliphatic rings. The van der Waals surface area contributed by atoms with E-state index < -0.39 is 15.7 Å². The fourth-order valence-electron chi connectivity index (χ4n) is 2.60. The molecule has 0 spiro atoms. The van der Waals surface area contributed by atoms with Crippen LogP contribution in [0.15, 0.2) is 53.1 Å². The van der Waals surface area contributed by atoms with Crippen LogP contribution < -0.4 is 0 Å². The Balaban J connectivity index is 1.79. The Kier molecular flexibility index (Phi) is 4.72. The molecule has 0 bridgehead atoms. The van der Waals surface area contributed by atoms with E-state index in [0.29, 0.717) is 11.3 Å². The summed E-state index contributed by atoms with van der Waals surface area (Å²) in [5, 5.41) is 0. The van der Waals surface area contributed by atoms with Crippen LogP contribution in [-0.4, -0.2) is 13.4 Å². The first-order valence-electron chi connectivity index (χ1n) is 7.79. The Hall–Kier alpha value is -2.47. The van der Waals surface area contributed by atoms with Gasteiger partial charge in [0.15, 0.2) is 9.84 Å². The molecule has 0 unspecified atom stereocenters. The highest BCUT2D eigenvalue weighted by Gasteiger charge is 2.18. The predicted molar refractivity (Wildman–Crippen MR) is 94.1 cm³/mol. The molecule has 4 nitrogen and oxygen atoms in total. The van der Waals surface area contributed by atoms with Gasteiger partial charge < -0.3 is 4.42 Å². The van der Waals surface area contributed by atoms with Gasteiger partial charge in [0, 0.05) is 5.56 Å². The summed E-state index contributed by atoms with van der Waals surface area (Å²) in [6.45, 7) is 3.82. The normalized spacial score (nSPS) is 11.6. The minimum absolute atomic E-state index is 0.0529. The van der Waals surface area contributed by atoms with Crippen molar-refractivity contribution < 1.29 is 17.2 Å². The predicted octanol–water partition coefficient (Wildman–Crippen LogP) is 4.21. The second-order valence-electron chi connectivity index (χ2n) is 6.12. The van der Waals surface area contributed by atoms with Gasteiger partial charge in [-0.3, -0.25) is 0 Å². The highest BCUT2D eigenvalue weighted by molar-refractivity contribution is 7.89. The van der Waals surface area contributed by atoms with Gasteiger partial charge in [-0.15, -0.1) is 0 Å². The van der Waals surface area contributed by atoms with Crippen LogP contribution >= 0.6 is 0 Å². The Morgan fingerprint density at radius 3 is 2.64 bits per heavy atom. The molecule has 3 rings (SSSR count). The molecule has 0 aliphatic carbocycles. The van der Waals surface area contributed by atoms with Gasteiger partial charge in [-0.1, -0.05) is 29.8 Å². The van der Waals surface area contributed by atoms with E-state index in [0.717, 1.165) is 16.7 Å². The lowest BCUT2D eigenvalue weighted by Crippen LogP contribution is -2.09. The molecule has 25 heavy (non-hydrogen) atoms. The van der Waals surface area contributed by atoms with Crippen LogP contribution in [0.4, 0.5) is 4.39 Å². The smallest absolute Gasteiger partial charge is 0.226 e. The second kappa shape index (κ2) is 6.80. The largest absolute Gasteiger partial charge is 0.444 e. The first-order chi connectivity index (χ1) is 11.8. The number of oxazole rings is 1. The summed E-state index contributed by atoms with van der Waals surface area (Å²) < 4.78 is 43.6.